The van der Waals surface area contributed by atoms with Crippen molar-refractivity contribution in [1.82, 2.24) is 10.4 Å². The number of carbonyl (C=O) groups is 2. The average Bonchev–Trinajstić information content (AvgIpc) is 3.37. The average molecular weight is 727 g/mol. The van der Waals surface area contributed by atoms with Crippen LogP contribution in [0.2, 0.25) is 5.02 Å². The van der Waals surface area contributed by atoms with Crippen molar-refractivity contribution in [2.75, 3.05) is 7.11 Å². The Bertz CT molecular complexity index is 1920. The molecule has 4 aromatic carbocycles. The highest BCUT2D eigenvalue weighted by molar-refractivity contribution is 9.11. The normalized spacial score (nSPS) is 11.1. The molecule has 0 aliphatic carbocycles. The fourth-order valence-electron chi connectivity index (χ4n) is 4.28. The van der Waals surface area contributed by atoms with Gasteiger partial charge in [-0.3, -0.25) is 14.9 Å². The number of methoxy groups -OCH3 is 1. The number of non-ortho nitro benzene ring substituents is 1. The van der Waals surface area contributed by atoms with Crippen molar-refractivity contribution in [3.05, 3.63) is 120 Å². The van der Waals surface area contributed by atoms with Crippen LogP contribution in [0.4, 0.5) is 5.69 Å². The molecule has 0 unspecified atom stereocenters. The highest BCUT2D eigenvalue weighted by Gasteiger charge is 2.22. The minimum absolute atomic E-state index is 0.110. The Labute approximate surface area is 266 Å². The standard InChI is InChI=1S/C30H19Br2ClN4O6/c1-42-20-10-11-25-22(14-20)26(21-4-2-3-5-24(21)33)27(35-25)29(38)36-34-15-17-12-18(31)13-23(32)28(17)43-30(39)16-6-8-19(9-7-16)37(40)41/h2-15,35H,1H3,(H,36,38). The Morgan fingerprint density at radius 1 is 1.05 bits per heavy atom. The van der Waals surface area contributed by atoms with Gasteiger partial charge in [0.2, 0.25) is 0 Å². The second-order valence-corrected chi connectivity index (χ2v) is 11.1. The van der Waals surface area contributed by atoms with Crippen LogP contribution in [-0.4, -0.2) is 35.1 Å². The monoisotopic (exact) mass is 724 g/mol. The summed E-state index contributed by atoms with van der Waals surface area (Å²) in [5.74, 6) is -0.547. The lowest BCUT2D eigenvalue weighted by Gasteiger charge is -2.11. The molecule has 1 aromatic heterocycles. The van der Waals surface area contributed by atoms with Gasteiger partial charge in [-0.25, -0.2) is 10.2 Å². The van der Waals surface area contributed by atoms with Crippen molar-refractivity contribution < 1.29 is 24.0 Å². The van der Waals surface area contributed by atoms with E-state index in [0.29, 0.717) is 41.9 Å². The lowest BCUT2D eigenvalue weighted by molar-refractivity contribution is -0.384. The predicted octanol–water partition coefficient (Wildman–Crippen LogP) is 7.91. The fourth-order valence-corrected chi connectivity index (χ4v) is 5.85. The number of amides is 1. The number of nitro benzene ring substituents is 1. The first kappa shape index (κ1) is 30.0. The molecule has 0 fully saturated rings. The highest BCUT2D eigenvalue weighted by atomic mass is 79.9. The molecule has 43 heavy (non-hydrogen) atoms. The lowest BCUT2D eigenvalue weighted by Crippen LogP contribution is -2.19. The number of H-pyrrole nitrogens is 1. The van der Waals surface area contributed by atoms with Gasteiger partial charge in [0.1, 0.15) is 11.4 Å². The molecule has 0 spiro atoms. The van der Waals surface area contributed by atoms with E-state index in [1.165, 1.54) is 30.5 Å². The molecule has 2 N–H and O–H groups in total. The number of halogens is 3. The van der Waals surface area contributed by atoms with Crippen LogP contribution < -0.4 is 14.9 Å². The van der Waals surface area contributed by atoms with Crippen LogP contribution in [0.5, 0.6) is 11.5 Å². The zero-order chi connectivity index (χ0) is 30.7. The van der Waals surface area contributed by atoms with Gasteiger partial charge < -0.3 is 14.5 Å². The van der Waals surface area contributed by atoms with Crippen LogP contribution in [0.1, 0.15) is 26.4 Å². The number of ether oxygens (including phenoxy) is 2. The molecule has 0 aliphatic heterocycles. The molecule has 0 saturated heterocycles. The van der Waals surface area contributed by atoms with E-state index < -0.39 is 16.8 Å². The lowest BCUT2D eigenvalue weighted by atomic mass is 10.0. The third-order valence-electron chi connectivity index (χ3n) is 6.29. The van der Waals surface area contributed by atoms with Gasteiger partial charge >= 0.3 is 5.97 Å². The topological polar surface area (TPSA) is 136 Å². The molecule has 5 rings (SSSR count). The number of aromatic nitrogens is 1. The summed E-state index contributed by atoms with van der Waals surface area (Å²) in [6.45, 7) is 0. The van der Waals surface area contributed by atoms with Crippen molar-refractivity contribution in [2.24, 2.45) is 5.10 Å². The summed E-state index contributed by atoms with van der Waals surface area (Å²) in [4.78, 5) is 39.8. The number of esters is 1. The Balaban J connectivity index is 1.44. The Hall–Kier alpha value is -4.52. The van der Waals surface area contributed by atoms with Crippen molar-refractivity contribution in [2.45, 2.75) is 0 Å². The minimum Gasteiger partial charge on any atom is -0.497 e. The van der Waals surface area contributed by atoms with E-state index in [1.807, 2.05) is 18.2 Å². The number of fused-ring (bicyclic) bond motifs is 1. The minimum atomic E-state index is -0.741. The molecule has 0 radical (unpaired) electrons. The van der Waals surface area contributed by atoms with Crippen LogP contribution >= 0.6 is 43.5 Å². The number of nitrogens with zero attached hydrogens (tertiary/aromatic N) is 2. The molecule has 5 aromatic rings. The Morgan fingerprint density at radius 3 is 2.49 bits per heavy atom. The molecule has 0 atom stereocenters. The number of benzene rings is 4. The quantitative estimate of drug-likeness (QED) is 0.0549. The number of hydrogen-bond donors (Lipinski definition) is 2. The van der Waals surface area contributed by atoms with Gasteiger partial charge in [0.05, 0.1) is 28.3 Å². The van der Waals surface area contributed by atoms with Crippen LogP contribution in [-0.2, 0) is 0 Å². The molecular weight excluding hydrogens is 708 g/mol. The molecule has 0 saturated carbocycles. The number of rotatable bonds is 8. The summed E-state index contributed by atoms with van der Waals surface area (Å²) in [6.07, 6.45) is 1.33. The van der Waals surface area contributed by atoms with Crippen LogP contribution in [0.3, 0.4) is 0 Å². The van der Waals surface area contributed by atoms with E-state index >= 15 is 0 Å². The summed E-state index contributed by atoms with van der Waals surface area (Å²) in [5, 5.41) is 16.2. The van der Waals surface area contributed by atoms with Gasteiger partial charge in [0.25, 0.3) is 11.6 Å². The first-order valence-electron chi connectivity index (χ1n) is 12.4. The molecule has 0 aliphatic rings. The number of hydrazone groups is 1. The smallest absolute Gasteiger partial charge is 0.343 e. The van der Waals surface area contributed by atoms with Gasteiger partial charge in [-0.15, -0.1) is 0 Å². The molecule has 1 heterocycles. The van der Waals surface area contributed by atoms with Gasteiger partial charge in [0, 0.05) is 49.2 Å². The first-order chi connectivity index (χ1) is 20.7. The molecule has 13 heteroatoms. The molecule has 1 amide bonds. The van der Waals surface area contributed by atoms with Gasteiger partial charge in [0.15, 0.2) is 5.75 Å². The van der Waals surface area contributed by atoms with Crippen molar-refractivity contribution >= 4 is 78.1 Å². The molecular formula is C30H19Br2ClN4O6. The van der Waals surface area contributed by atoms with Crippen molar-refractivity contribution in [3.8, 4) is 22.6 Å². The number of hydrogen-bond acceptors (Lipinski definition) is 7. The van der Waals surface area contributed by atoms with Crippen LogP contribution in [0, 0.1) is 10.1 Å². The number of nitro groups is 1. The third-order valence-corrected chi connectivity index (χ3v) is 7.67. The number of aromatic amines is 1. The molecule has 0 bridgehead atoms. The van der Waals surface area contributed by atoms with E-state index in [-0.39, 0.29) is 22.7 Å². The summed E-state index contributed by atoms with van der Waals surface area (Å²) in [6, 6.07) is 20.9. The maximum absolute atomic E-state index is 13.4. The number of nitrogens with one attached hydrogen (secondary N) is 2. The van der Waals surface area contributed by atoms with E-state index in [2.05, 4.69) is 47.4 Å². The van der Waals surface area contributed by atoms with E-state index in [4.69, 9.17) is 21.1 Å². The maximum Gasteiger partial charge on any atom is 0.343 e. The highest BCUT2D eigenvalue weighted by Crippen LogP contribution is 2.38. The van der Waals surface area contributed by atoms with E-state index in [9.17, 15) is 19.7 Å². The summed E-state index contributed by atoms with van der Waals surface area (Å²) in [5.41, 5.74) is 4.98. The third kappa shape index (κ3) is 6.46. The molecule has 216 valence electrons. The van der Waals surface area contributed by atoms with Crippen LogP contribution in [0.15, 0.2) is 92.9 Å². The number of carbonyl (C=O) groups excluding carboxylic acids is 2. The van der Waals surface area contributed by atoms with E-state index in [0.717, 1.165) is 5.39 Å². The van der Waals surface area contributed by atoms with Crippen molar-refractivity contribution in [3.63, 3.8) is 0 Å². The zero-order valence-electron chi connectivity index (χ0n) is 22.1. The second-order valence-electron chi connectivity index (χ2n) is 8.96. The summed E-state index contributed by atoms with van der Waals surface area (Å²) >= 11 is 13.3. The maximum atomic E-state index is 13.4. The second kappa shape index (κ2) is 12.8. The zero-order valence-corrected chi connectivity index (χ0v) is 26.0. The largest absolute Gasteiger partial charge is 0.497 e. The Morgan fingerprint density at radius 2 is 1.79 bits per heavy atom. The first-order valence-corrected chi connectivity index (χ1v) is 14.4. The van der Waals surface area contributed by atoms with E-state index in [1.54, 1.807) is 43.5 Å². The fraction of sp³-hybridized carbons (Fsp3) is 0.0333. The van der Waals surface area contributed by atoms with Crippen molar-refractivity contribution in [1.29, 1.82) is 0 Å². The summed E-state index contributed by atoms with van der Waals surface area (Å²) in [7, 11) is 1.56. The van der Waals surface area contributed by atoms with Gasteiger partial charge in [-0.2, -0.15) is 5.10 Å². The van der Waals surface area contributed by atoms with Gasteiger partial charge in [-0.05, 0) is 64.5 Å². The van der Waals surface area contributed by atoms with Crippen LogP contribution in [0.25, 0.3) is 22.0 Å². The Kier molecular flexibility index (Phi) is 8.90. The van der Waals surface area contributed by atoms with Gasteiger partial charge in [-0.1, -0.05) is 45.7 Å². The SMILES string of the molecule is COc1ccc2[nH]c(C(=O)NN=Cc3cc(Br)cc(Br)c3OC(=O)c3ccc([N+](=O)[O-])cc3)c(-c3ccccc3Cl)c2c1. The molecule has 10 nitrogen and oxygen atoms in total. The summed E-state index contributed by atoms with van der Waals surface area (Å²) < 4.78 is 12.1. The predicted molar refractivity (Wildman–Crippen MR) is 170 cm³/mol.